The maximum Gasteiger partial charge on any atom is 0.357 e. The minimum atomic E-state index is -3.42. The predicted molar refractivity (Wildman–Crippen MR) is 155 cm³/mol. The van der Waals surface area contributed by atoms with Crippen molar-refractivity contribution in [2.45, 2.75) is 131 Å². The molecule has 35 heavy (non-hydrogen) atoms. The first-order chi connectivity index (χ1) is 15.6. The summed E-state index contributed by atoms with van der Waals surface area (Å²) in [7, 11) is -7.61. The maximum atomic E-state index is 14.0. The van der Waals surface area contributed by atoms with Gasteiger partial charge in [-0.25, -0.2) is 0 Å². The van der Waals surface area contributed by atoms with Crippen LogP contribution in [0.5, 0.6) is 0 Å². The van der Waals surface area contributed by atoms with E-state index in [1.165, 1.54) is 0 Å². The SMILES string of the molecule is CCOP(=O)(OCC)C1=C[C@H](C)[C@H](O[Si](C)(C)C(C)(C)C)[C@@H](C(C)C)[C@H](O[Si](C)(C)C(C)(C)C)C1. The summed E-state index contributed by atoms with van der Waals surface area (Å²) in [6, 6.07) is 0. The smallest absolute Gasteiger partial charge is 0.357 e. The minimum absolute atomic E-state index is 0.0279. The van der Waals surface area contributed by atoms with Crippen LogP contribution < -0.4 is 0 Å². The zero-order chi connectivity index (χ0) is 27.6. The van der Waals surface area contributed by atoms with E-state index in [-0.39, 0.29) is 34.1 Å². The maximum absolute atomic E-state index is 14.0. The normalized spacial score (nSPS) is 25.5. The zero-order valence-corrected chi connectivity index (χ0v) is 28.5. The monoisotopic (exact) mass is 548 g/mol. The highest BCUT2D eigenvalue weighted by atomic mass is 31.2. The van der Waals surface area contributed by atoms with Crippen molar-refractivity contribution in [2.75, 3.05) is 13.2 Å². The van der Waals surface area contributed by atoms with Crippen molar-refractivity contribution in [3.63, 3.8) is 0 Å². The molecule has 0 aromatic heterocycles. The van der Waals surface area contributed by atoms with E-state index in [1.807, 2.05) is 13.8 Å². The quantitative estimate of drug-likeness (QED) is 0.201. The van der Waals surface area contributed by atoms with Gasteiger partial charge in [-0.15, -0.1) is 0 Å². The number of rotatable bonds is 10. The molecular weight excluding hydrogens is 491 g/mol. The van der Waals surface area contributed by atoms with Crippen LogP contribution in [0.2, 0.25) is 36.3 Å². The van der Waals surface area contributed by atoms with E-state index in [0.717, 1.165) is 5.31 Å². The van der Waals surface area contributed by atoms with Crippen molar-refractivity contribution in [2.24, 2.45) is 17.8 Å². The van der Waals surface area contributed by atoms with Gasteiger partial charge in [0.1, 0.15) is 0 Å². The van der Waals surface area contributed by atoms with Gasteiger partial charge in [0.15, 0.2) is 16.6 Å². The summed E-state index contributed by atoms with van der Waals surface area (Å²) in [6.45, 7) is 34.1. The molecule has 0 heterocycles. The Morgan fingerprint density at radius 1 is 0.914 bits per heavy atom. The van der Waals surface area contributed by atoms with Crippen LogP contribution in [0.3, 0.4) is 0 Å². The summed E-state index contributed by atoms with van der Waals surface area (Å²) >= 11 is 0. The molecule has 1 aliphatic rings. The molecule has 0 aromatic carbocycles. The van der Waals surface area contributed by atoms with E-state index in [1.54, 1.807) is 0 Å². The lowest BCUT2D eigenvalue weighted by atomic mass is 9.81. The molecule has 4 atom stereocenters. The van der Waals surface area contributed by atoms with Gasteiger partial charge in [-0.2, -0.15) is 0 Å². The molecule has 0 saturated heterocycles. The van der Waals surface area contributed by atoms with E-state index in [4.69, 9.17) is 17.9 Å². The van der Waals surface area contributed by atoms with Crippen LogP contribution in [0.4, 0.5) is 0 Å². The average molecular weight is 549 g/mol. The van der Waals surface area contributed by atoms with Gasteiger partial charge in [0.2, 0.25) is 0 Å². The van der Waals surface area contributed by atoms with Crippen molar-refractivity contribution in [3.8, 4) is 0 Å². The van der Waals surface area contributed by atoms with Gasteiger partial charge in [-0.05, 0) is 56.0 Å². The van der Waals surface area contributed by atoms with Crippen LogP contribution in [-0.2, 0) is 22.5 Å². The van der Waals surface area contributed by atoms with Gasteiger partial charge in [0.05, 0.1) is 25.4 Å². The highest BCUT2D eigenvalue weighted by Crippen LogP contribution is 2.60. The molecule has 0 aliphatic heterocycles. The summed E-state index contributed by atoms with van der Waals surface area (Å²) < 4.78 is 40.0. The van der Waals surface area contributed by atoms with E-state index in [9.17, 15) is 4.57 Å². The molecule has 0 spiro atoms. The molecule has 5 nitrogen and oxygen atoms in total. The molecule has 208 valence electrons. The molecule has 0 aromatic rings. The second kappa shape index (κ2) is 12.0. The van der Waals surface area contributed by atoms with Gasteiger partial charge >= 0.3 is 7.60 Å². The molecule has 0 amide bonds. The fraction of sp³-hybridized carbons (Fsp3) is 0.926. The molecule has 0 bridgehead atoms. The molecule has 0 unspecified atom stereocenters. The number of hydrogen-bond donors (Lipinski definition) is 0. The third-order valence-electron chi connectivity index (χ3n) is 8.40. The van der Waals surface area contributed by atoms with E-state index >= 15 is 0 Å². The fourth-order valence-electron chi connectivity index (χ4n) is 4.30. The zero-order valence-electron chi connectivity index (χ0n) is 25.6. The lowest BCUT2D eigenvalue weighted by molar-refractivity contribution is -0.00987. The van der Waals surface area contributed by atoms with Gasteiger partial charge < -0.3 is 17.9 Å². The van der Waals surface area contributed by atoms with Crippen molar-refractivity contribution in [3.05, 3.63) is 11.4 Å². The molecule has 0 N–H and O–H groups in total. The first-order valence-electron chi connectivity index (χ1n) is 13.6. The first kappa shape index (κ1) is 33.3. The summed E-state index contributed by atoms with van der Waals surface area (Å²) in [6.07, 6.45) is 2.54. The lowest BCUT2D eigenvalue weighted by Gasteiger charge is -2.47. The predicted octanol–water partition coefficient (Wildman–Crippen LogP) is 9.23. The Kier molecular flexibility index (Phi) is 11.4. The first-order valence-corrected chi connectivity index (χ1v) is 21.0. The molecule has 0 saturated carbocycles. The Balaban J connectivity index is 3.74. The van der Waals surface area contributed by atoms with Gasteiger partial charge in [-0.3, -0.25) is 4.57 Å². The van der Waals surface area contributed by atoms with Crippen LogP contribution in [0.25, 0.3) is 0 Å². The molecule has 8 heteroatoms. The topological polar surface area (TPSA) is 54.0 Å². The fourth-order valence-corrected chi connectivity index (χ4v) is 8.97. The van der Waals surface area contributed by atoms with E-state index in [0.29, 0.717) is 25.6 Å². The average Bonchev–Trinajstić information content (AvgIpc) is 2.77. The Labute approximate surface area is 219 Å². The summed E-state index contributed by atoms with van der Waals surface area (Å²) in [5.74, 6) is 0.570. The summed E-state index contributed by atoms with van der Waals surface area (Å²) in [5, 5.41) is 0.911. The lowest BCUT2D eigenvalue weighted by Crippen LogP contribution is -2.53. The third kappa shape index (κ3) is 8.11. The van der Waals surface area contributed by atoms with Crippen molar-refractivity contribution < 1.29 is 22.5 Å². The molecule has 0 fully saturated rings. The van der Waals surface area contributed by atoms with E-state index in [2.05, 4.69) is 94.6 Å². The van der Waals surface area contributed by atoms with Crippen LogP contribution in [-0.4, -0.2) is 42.1 Å². The molecule has 0 radical (unpaired) electrons. The van der Waals surface area contributed by atoms with Crippen LogP contribution in [0, 0.1) is 17.8 Å². The Morgan fingerprint density at radius 3 is 1.71 bits per heavy atom. The summed E-state index contributed by atoms with van der Waals surface area (Å²) in [4.78, 5) is 0. The van der Waals surface area contributed by atoms with Crippen LogP contribution in [0.1, 0.15) is 82.6 Å². The molecule has 1 aliphatic carbocycles. The van der Waals surface area contributed by atoms with Gasteiger partial charge in [-0.1, -0.05) is 68.4 Å². The van der Waals surface area contributed by atoms with E-state index < -0.39 is 24.2 Å². The Bertz CT molecular complexity index is 755. The minimum Gasteiger partial charge on any atom is -0.413 e. The highest BCUT2D eigenvalue weighted by molar-refractivity contribution is 7.58. The van der Waals surface area contributed by atoms with Crippen molar-refractivity contribution in [1.82, 2.24) is 0 Å². The second-order valence-electron chi connectivity index (χ2n) is 13.6. The second-order valence-corrected chi connectivity index (χ2v) is 25.2. The number of hydrogen-bond acceptors (Lipinski definition) is 5. The van der Waals surface area contributed by atoms with Crippen molar-refractivity contribution >= 4 is 24.2 Å². The Hall–Kier alpha value is 0.244. The molecular formula is C27H57O5PSi2. The van der Waals surface area contributed by atoms with Crippen molar-refractivity contribution in [1.29, 1.82) is 0 Å². The van der Waals surface area contributed by atoms with Crippen LogP contribution in [0.15, 0.2) is 11.4 Å². The highest BCUT2D eigenvalue weighted by Gasteiger charge is 2.50. The molecule has 1 rings (SSSR count). The summed E-state index contributed by atoms with van der Waals surface area (Å²) in [5.41, 5.74) is 0. The third-order valence-corrected chi connectivity index (χ3v) is 19.6. The van der Waals surface area contributed by atoms with Gasteiger partial charge in [0, 0.05) is 23.6 Å². The Morgan fingerprint density at radius 2 is 1.34 bits per heavy atom. The largest absolute Gasteiger partial charge is 0.413 e. The van der Waals surface area contributed by atoms with Gasteiger partial charge in [0.25, 0.3) is 0 Å². The van der Waals surface area contributed by atoms with Crippen LogP contribution >= 0.6 is 7.60 Å². The standard InChI is InChI=1S/C27H57O5PSi2/c1-16-29-33(28,30-17-2)22-18-21(5)25(32-35(14,15)27(9,10)11)24(20(3)4)23(19-22)31-34(12,13)26(6,7)8/h18,20-21,23-25H,16-17,19H2,1-15H3/t21-,23+,24-,25-/m0/s1.